The maximum atomic E-state index is 6.10. The van der Waals surface area contributed by atoms with Crippen molar-refractivity contribution in [1.29, 1.82) is 0 Å². The van der Waals surface area contributed by atoms with E-state index < -0.39 is 0 Å². The Bertz CT molecular complexity index is 307. The van der Waals surface area contributed by atoms with Crippen molar-refractivity contribution >= 4 is 29.1 Å². The summed E-state index contributed by atoms with van der Waals surface area (Å²) in [5, 5.41) is 0.754. The van der Waals surface area contributed by atoms with Gasteiger partial charge in [-0.3, -0.25) is 0 Å². The van der Waals surface area contributed by atoms with Gasteiger partial charge >= 0.3 is 0 Å². The molecule has 0 aromatic heterocycles. The van der Waals surface area contributed by atoms with Crippen LogP contribution in [0.4, 0.5) is 5.69 Å². The molecular weight excluding hydrogens is 240 g/mol. The van der Waals surface area contributed by atoms with Gasteiger partial charge in [0, 0.05) is 22.9 Å². The van der Waals surface area contributed by atoms with E-state index in [0.717, 1.165) is 41.0 Å². The molecule has 1 rings (SSSR count). The van der Waals surface area contributed by atoms with Crippen LogP contribution in [0.1, 0.15) is 13.8 Å². The third-order valence-electron chi connectivity index (χ3n) is 2.55. The van der Waals surface area contributed by atoms with Crippen molar-refractivity contribution in [3.63, 3.8) is 0 Å². The number of nitrogen functional groups attached to an aromatic ring is 1. The molecule has 0 saturated carbocycles. The predicted octanol–water partition coefficient (Wildman–Crippen LogP) is 3.36. The Balaban J connectivity index is 2.48. The van der Waals surface area contributed by atoms with Crippen LogP contribution < -0.4 is 5.73 Å². The molecule has 0 saturated heterocycles. The number of nitrogens with zero attached hydrogens (tertiary/aromatic N) is 1. The first-order valence-corrected chi connectivity index (χ1v) is 6.94. The van der Waals surface area contributed by atoms with E-state index in [1.807, 2.05) is 18.2 Å². The second kappa shape index (κ2) is 7.05. The van der Waals surface area contributed by atoms with Crippen molar-refractivity contribution in [2.75, 3.05) is 31.1 Å². The highest BCUT2D eigenvalue weighted by Crippen LogP contribution is 2.32. The third-order valence-corrected chi connectivity index (χ3v) is 4.10. The number of nitrogens with two attached hydrogens (primary N) is 1. The first kappa shape index (κ1) is 13.7. The summed E-state index contributed by atoms with van der Waals surface area (Å²) in [6, 6.07) is 5.66. The number of anilines is 1. The Hall–Kier alpha value is -0.380. The lowest BCUT2D eigenvalue weighted by molar-refractivity contribution is 0.324. The van der Waals surface area contributed by atoms with E-state index in [4.69, 9.17) is 17.3 Å². The zero-order valence-corrected chi connectivity index (χ0v) is 11.4. The summed E-state index contributed by atoms with van der Waals surface area (Å²) in [5.41, 5.74) is 6.66. The number of hydrogen-bond acceptors (Lipinski definition) is 3. The molecule has 1 aromatic rings. The molecule has 16 heavy (non-hydrogen) atoms. The fourth-order valence-electron chi connectivity index (χ4n) is 1.49. The van der Waals surface area contributed by atoms with E-state index in [9.17, 15) is 0 Å². The maximum Gasteiger partial charge on any atom is 0.0562 e. The van der Waals surface area contributed by atoms with Gasteiger partial charge in [0.25, 0.3) is 0 Å². The van der Waals surface area contributed by atoms with Crippen LogP contribution >= 0.6 is 23.4 Å². The van der Waals surface area contributed by atoms with Crippen LogP contribution in [-0.4, -0.2) is 30.3 Å². The minimum Gasteiger partial charge on any atom is -0.398 e. The molecular formula is C12H19ClN2S. The van der Waals surface area contributed by atoms with Crippen LogP contribution in [0.5, 0.6) is 0 Å². The number of hydrogen-bond donors (Lipinski definition) is 1. The second-order valence-electron chi connectivity index (χ2n) is 3.53. The summed E-state index contributed by atoms with van der Waals surface area (Å²) in [5.74, 6) is 1.02. The Morgan fingerprint density at radius 3 is 2.56 bits per heavy atom. The van der Waals surface area contributed by atoms with Gasteiger partial charge in [-0.15, -0.1) is 11.8 Å². The number of halogens is 1. The van der Waals surface area contributed by atoms with Gasteiger partial charge in [0.15, 0.2) is 0 Å². The fraction of sp³-hybridized carbons (Fsp3) is 0.500. The van der Waals surface area contributed by atoms with E-state index in [2.05, 4.69) is 18.7 Å². The normalized spacial score (nSPS) is 11.0. The molecule has 2 nitrogen and oxygen atoms in total. The molecule has 0 aliphatic carbocycles. The minimum atomic E-state index is 0.754. The number of rotatable bonds is 6. The summed E-state index contributed by atoms with van der Waals surface area (Å²) in [6.07, 6.45) is 0. The topological polar surface area (TPSA) is 29.3 Å². The van der Waals surface area contributed by atoms with Crippen molar-refractivity contribution in [1.82, 2.24) is 4.90 Å². The summed E-state index contributed by atoms with van der Waals surface area (Å²) in [4.78, 5) is 3.40. The molecule has 4 heteroatoms. The minimum absolute atomic E-state index is 0.754. The van der Waals surface area contributed by atoms with Crippen molar-refractivity contribution < 1.29 is 0 Å². The van der Waals surface area contributed by atoms with Gasteiger partial charge in [-0.1, -0.05) is 31.5 Å². The lowest BCUT2D eigenvalue weighted by Crippen LogP contribution is -2.25. The van der Waals surface area contributed by atoms with Gasteiger partial charge in [-0.25, -0.2) is 0 Å². The smallest absolute Gasteiger partial charge is 0.0562 e. The highest BCUT2D eigenvalue weighted by atomic mass is 35.5. The van der Waals surface area contributed by atoms with Gasteiger partial charge in [-0.05, 0) is 25.2 Å². The SMILES string of the molecule is CCN(CC)CCSc1c(N)cccc1Cl. The molecule has 0 spiro atoms. The summed E-state index contributed by atoms with van der Waals surface area (Å²) in [7, 11) is 0. The summed E-state index contributed by atoms with van der Waals surface area (Å²) in [6.45, 7) is 7.61. The largest absolute Gasteiger partial charge is 0.398 e. The van der Waals surface area contributed by atoms with E-state index in [0.29, 0.717) is 0 Å². The fourth-order valence-corrected chi connectivity index (χ4v) is 2.83. The molecule has 0 aliphatic rings. The number of thioether (sulfide) groups is 1. The molecule has 90 valence electrons. The molecule has 0 bridgehead atoms. The van der Waals surface area contributed by atoms with E-state index in [-0.39, 0.29) is 0 Å². The highest BCUT2D eigenvalue weighted by molar-refractivity contribution is 7.99. The maximum absolute atomic E-state index is 6.10. The van der Waals surface area contributed by atoms with E-state index in [1.54, 1.807) is 11.8 Å². The summed E-state index contributed by atoms with van der Waals surface area (Å²) >= 11 is 7.83. The van der Waals surface area contributed by atoms with Crippen LogP contribution in [-0.2, 0) is 0 Å². The zero-order chi connectivity index (χ0) is 12.0. The lowest BCUT2D eigenvalue weighted by atomic mass is 10.3. The van der Waals surface area contributed by atoms with Crippen LogP contribution in [0.15, 0.2) is 23.1 Å². The highest BCUT2D eigenvalue weighted by Gasteiger charge is 2.06. The molecule has 0 heterocycles. The quantitative estimate of drug-likeness (QED) is 0.627. The molecule has 0 aliphatic heterocycles. The van der Waals surface area contributed by atoms with E-state index >= 15 is 0 Å². The molecule has 0 unspecified atom stereocenters. The predicted molar refractivity (Wildman–Crippen MR) is 74.4 cm³/mol. The van der Waals surface area contributed by atoms with Crippen molar-refractivity contribution in [3.8, 4) is 0 Å². The van der Waals surface area contributed by atoms with Gasteiger partial charge in [0.2, 0.25) is 0 Å². The van der Waals surface area contributed by atoms with Crippen LogP contribution in [0, 0.1) is 0 Å². The average molecular weight is 259 g/mol. The van der Waals surface area contributed by atoms with Crippen molar-refractivity contribution in [2.45, 2.75) is 18.7 Å². The van der Waals surface area contributed by atoms with Gasteiger partial charge in [-0.2, -0.15) is 0 Å². The molecule has 2 N–H and O–H groups in total. The standard InChI is InChI=1S/C12H19ClN2S/c1-3-15(4-2)8-9-16-12-10(13)6-5-7-11(12)14/h5-7H,3-4,8-9,14H2,1-2H3. The van der Waals surface area contributed by atoms with Crippen LogP contribution in [0.2, 0.25) is 5.02 Å². The Morgan fingerprint density at radius 1 is 1.31 bits per heavy atom. The lowest BCUT2D eigenvalue weighted by Gasteiger charge is -2.17. The molecule has 1 aromatic carbocycles. The van der Waals surface area contributed by atoms with Crippen LogP contribution in [0.3, 0.4) is 0 Å². The Morgan fingerprint density at radius 2 is 2.00 bits per heavy atom. The van der Waals surface area contributed by atoms with Crippen molar-refractivity contribution in [3.05, 3.63) is 23.2 Å². The first-order valence-electron chi connectivity index (χ1n) is 5.58. The molecule has 0 fully saturated rings. The van der Waals surface area contributed by atoms with Gasteiger partial charge in [0.05, 0.1) is 5.02 Å². The summed E-state index contributed by atoms with van der Waals surface area (Å²) < 4.78 is 0. The molecule has 0 amide bonds. The van der Waals surface area contributed by atoms with Gasteiger partial charge < -0.3 is 10.6 Å². The Labute approximate surface area is 107 Å². The van der Waals surface area contributed by atoms with Gasteiger partial charge in [0.1, 0.15) is 0 Å². The number of benzene rings is 1. The second-order valence-corrected chi connectivity index (χ2v) is 5.05. The van der Waals surface area contributed by atoms with E-state index in [1.165, 1.54) is 0 Å². The van der Waals surface area contributed by atoms with Crippen LogP contribution in [0.25, 0.3) is 0 Å². The zero-order valence-electron chi connectivity index (χ0n) is 9.87. The third kappa shape index (κ3) is 3.89. The first-order chi connectivity index (χ1) is 7.69. The molecule has 0 radical (unpaired) electrons. The average Bonchev–Trinajstić information content (AvgIpc) is 2.28. The molecule has 0 atom stereocenters. The van der Waals surface area contributed by atoms with Crippen molar-refractivity contribution in [2.24, 2.45) is 0 Å². The Kier molecular flexibility index (Phi) is 6.03. The monoisotopic (exact) mass is 258 g/mol.